The van der Waals surface area contributed by atoms with Crippen molar-refractivity contribution in [3.8, 4) is 0 Å². The quantitative estimate of drug-likeness (QED) is 0.754. The molecule has 0 aromatic rings. The molecule has 1 aliphatic rings. The number of carbonyl (C=O) groups excluding carboxylic acids is 2. The van der Waals surface area contributed by atoms with E-state index >= 15 is 0 Å². The fourth-order valence-corrected chi connectivity index (χ4v) is 3.02. The van der Waals surface area contributed by atoms with Crippen LogP contribution in [0.5, 0.6) is 0 Å². The van der Waals surface area contributed by atoms with Gasteiger partial charge in [0.15, 0.2) is 0 Å². The summed E-state index contributed by atoms with van der Waals surface area (Å²) in [7, 11) is 0. The van der Waals surface area contributed by atoms with Crippen LogP contribution in [-0.4, -0.2) is 11.8 Å². The zero-order valence-corrected chi connectivity index (χ0v) is 10.2. The highest BCUT2D eigenvalue weighted by Gasteiger charge is 2.46. The highest BCUT2D eigenvalue weighted by molar-refractivity contribution is 5.81. The molecule has 2 amide bonds. The third-order valence-electron chi connectivity index (χ3n) is 4.36. The zero-order chi connectivity index (χ0) is 12.3. The number of primary amides is 2. The predicted octanol–water partition coefficient (Wildman–Crippen LogP) is 1.18. The Morgan fingerprint density at radius 1 is 0.938 bits per heavy atom. The summed E-state index contributed by atoms with van der Waals surface area (Å²) in [6, 6.07) is 0. The normalized spacial score (nSPS) is 23.4. The Labute approximate surface area is 96.8 Å². The zero-order valence-electron chi connectivity index (χ0n) is 10.2. The molecule has 1 saturated carbocycles. The van der Waals surface area contributed by atoms with Gasteiger partial charge in [-0.3, -0.25) is 9.59 Å². The van der Waals surface area contributed by atoms with E-state index < -0.39 is 0 Å². The highest BCUT2D eigenvalue weighted by atomic mass is 16.1. The van der Waals surface area contributed by atoms with Gasteiger partial charge in [-0.25, -0.2) is 0 Å². The third kappa shape index (κ3) is 2.20. The Kier molecular flexibility index (Phi) is 3.94. The monoisotopic (exact) mass is 226 g/mol. The Balaban J connectivity index is 3.00. The van der Waals surface area contributed by atoms with Crippen LogP contribution in [0.3, 0.4) is 0 Å². The van der Waals surface area contributed by atoms with Gasteiger partial charge in [-0.05, 0) is 18.3 Å². The topological polar surface area (TPSA) is 86.2 Å². The summed E-state index contributed by atoms with van der Waals surface area (Å²) in [6.07, 6.45) is 5.02. The van der Waals surface area contributed by atoms with Crippen LogP contribution in [0.1, 0.15) is 46.0 Å². The van der Waals surface area contributed by atoms with Gasteiger partial charge in [-0.15, -0.1) is 0 Å². The van der Waals surface area contributed by atoms with Crippen LogP contribution in [0.4, 0.5) is 0 Å². The van der Waals surface area contributed by atoms with Crippen molar-refractivity contribution in [1.29, 1.82) is 0 Å². The number of rotatable bonds is 4. The molecule has 1 fully saturated rings. The van der Waals surface area contributed by atoms with Crippen molar-refractivity contribution in [3.05, 3.63) is 0 Å². The standard InChI is InChI=1S/C12H22N2O2/c1-8(10(13)15)12(9(2)11(14)16)6-4-3-5-7-12/h8-9H,3-7H2,1-2H3,(H2,13,15)(H2,14,16). The summed E-state index contributed by atoms with van der Waals surface area (Å²) in [5.41, 5.74) is 10.5. The van der Waals surface area contributed by atoms with Gasteiger partial charge in [-0.2, -0.15) is 0 Å². The summed E-state index contributed by atoms with van der Waals surface area (Å²) in [5.74, 6) is -1.21. The highest BCUT2D eigenvalue weighted by Crippen LogP contribution is 2.48. The first-order valence-electron chi connectivity index (χ1n) is 6.00. The molecule has 1 aliphatic carbocycles. The molecule has 0 aromatic heterocycles. The van der Waals surface area contributed by atoms with E-state index in [0.717, 1.165) is 25.7 Å². The first-order chi connectivity index (χ1) is 7.42. The van der Waals surface area contributed by atoms with E-state index in [2.05, 4.69) is 0 Å². The molecular formula is C12H22N2O2. The molecule has 16 heavy (non-hydrogen) atoms. The molecule has 0 spiro atoms. The van der Waals surface area contributed by atoms with Crippen molar-refractivity contribution >= 4 is 11.8 Å². The fraction of sp³-hybridized carbons (Fsp3) is 0.833. The van der Waals surface area contributed by atoms with Gasteiger partial charge in [0.25, 0.3) is 0 Å². The average Bonchev–Trinajstić information content (AvgIpc) is 2.27. The summed E-state index contributed by atoms with van der Waals surface area (Å²) in [4.78, 5) is 22.8. The molecule has 0 saturated heterocycles. The maximum Gasteiger partial charge on any atom is 0.220 e. The summed E-state index contributed by atoms with van der Waals surface area (Å²) in [6.45, 7) is 3.65. The van der Waals surface area contributed by atoms with E-state index in [9.17, 15) is 9.59 Å². The maximum absolute atomic E-state index is 11.4. The van der Waals surface area contributed by atoms with Gasteiger partial charge < -0.3 is 11.5 Å². The van der Waals surface area contributed by atoms with Gasteiger partial charge in [-0.1, -0.05) is 33.1 Å². The molecular weight excluding hydrogens is 204 g/mol. The van der Waals surface area contributed by atoms with Crippen LogP contribution >= 0.6 is 0 Å². The fourth-order valence-electron chi connectivity index (χ4n) is 3.02. The number of hydrogen-bond acceptors (Lipinski definition) is 2. The largest absolute Gasteiger partial charge is 0.369 e. The molecule has 0 aromatic carbocycles. The molecule has 0 heterocycles. The van der Waals surface area contributed by atoms with Crippen molar-refractivity contribution in [2.75, 3.05) is 0 Å². The van der Waals surface area contributed by atoms with Crippen LogP contribution in [0.15, 0.2) is 0 Å². The molecule has 2 atom stereocenters. The Morgan fingerprint density at radius 2 is 1.31 bits per heavy atom. The molecule has 2 unspecified atom stereocenters. The predicted molar refractivity (Wildman–Crippen MR) is 62.2 cm³/mol. The van der Waals surface area contributed by atoms with Crippen LogP contribution < -0.4 is 11.5 Å². The van der Waals surface area contributed by atoms with Crippen LogP contribution in [0.25, 0.3) is 0 Å². The van der Waals surface area contributed by atoms with E-state index in [-0.39, 0.29) is 29.1 Å². The SMILES string of the molecule is CC(C(N)=O)C1(C(C)C(N)=O)CCCCC1. The summed E-state index contributed by atoms with van der Waals surface area (Å²) >= 11 is 0. The first kappa shape index (κ1) is 13.0. The van der Waals surface area contributed by atoms with Crippen molar-refractivity contribution in [1.82, 2.24) is 0 Å². The summed E-state index contributed by atoms with van der Waals surface area (Å²) in [5, 5.41) is 0. The second kappa shape index (κ2) is 4.85. The van der Waals surface area contributed by atoms with Gasteiger partial charge in [0.2, 0.25) is 11.8 Å². The van der Waals surface area contributed by atoms with Gasteiger partial charge in [0, 0.05) is 11.8 Å². The minimum Gasteiger partial charge on any atom is -0.369 e. The molecule has 4 N–H and O–H groups in total. The second-order valence-corrected chi connectivity index (χ2v) is 5.04. The number of amides is 2. The first-order valence-corrected chi connectivity index (χ1v) is 6.00. The lowest BCUT2D eigenvalue weighted by atomic mass is 9.59. The second-order valence-electron chi connectivity index (χ2n) is 5.04. The molecule has 4 heteroatoms. The van der Waals surface area contributed by atoms with Crippen molar-refractivity contribution in [3.63, 3.8) is 0 Å². The van der Waals surface area contributed by atoms with E-state index in [4.69, 9.17) is 11.5 Å². The van der Waals surface area contributed by atoms with Gasteiger partial charge >= 0.3 is 0 Å². The molecule has 4 nitrogen and oxygen atoms in total. The Bertz CT molecular complexity index is 261. The van der Waals surface area contributed by atoms with Crippen LogP contribution in [-0.2, 0) is 9.59 Å². The van der Waals surface area contributed by atoms with Crippen molar-refractivity contribution in [2.45, 2.75) is 46.0 Å². The maximum atomic E-state index is 11.4. The lowest BCUT2D eigenvalue weighted by Crippen LogP contribution is -2.47. The van der Waals surface area contributed by atoms with E-state index in [1.165, 1.54) is 6.42 Å². The number of carbonyl (C=O) groups is 2. The number of hydrogen-bond donors (Lipinski definition) is 2. The number of nitrogens with two attached hydrogens (primary N) is 2. The van der Waals surface area contributed by atoms with Crippen molar-refractivity contribution < 1.29 is 9.59 Å². The molecule has 0 aliphatic heterocycles. The third-order valence-corrected chi connectivity index (χ3v) is 4.36. The van der Waals surface area contributed by atoms with E-state index in [1.807, 2.05) is 13.8 Å². The molecule has 0 bridgehead atoms. The van der Waals surface area contributed by atoms with Crippen LogP contribution in [0.2, 0.25) is 0 Å². The molecule has 92 valence electrons. The Morgan fingerprint density at radius 3 is 1.62 bits per heavy atom. The van der Waals surface area contributed by atoms with E-state index in [1.54, 1.807) is 0 Å². The lowest BCUT2D eigenvalue weighted by Gasteiger charge is -2.44. The molecule has 0 radical (unpaired) electrons. The van der Waals surface area contributed by atoms with Crippen LogP contribution in [0, 0.1) is 17.3 Å². The van der Waals surface area contributed by atoms with E-state index in [0.29, 0.717) is 0 Å². The molecule has 1 rings (SSSR count). The minimum absolute atomic E-state index is 0.282. The lowest BCUT2D eigenvalue weighted by molar-refractivity contribution is -0.135. The minimum atomic E-state index is -0.324. The van der Waals surface area contributed by atoms with Gasteiger partial charge in [0.1, 0.15) is 0 Å². The summed E-state index contributed by atoms with van der Waals surface area (Å²) < 4.78 is 0. The Hall–Kier alpha value is -1.06. The average molecular weight is 226 g/mol. The smallest absolute Gasteiger partial charge is 0.220 e. The van der Waals surface area contributed by atoms with Gasteiger partial charge in [0.05, 0.1) is 0 Å². The van der Waals surface area contributed by atoms with Crippen molar-refractivity contribution in [2.24, 2.45) is 28.7 Å².